The molecule has 2 saturated heterocycles. The summed E-state index contributed by atoms with van der Waals surface area (Å²) in [7, 11) is 0. The van der Waals surface area contributed by atoms with Gasteiger partial charge in [-0.25, -0.2) is 0 Å². The smallest absolute Gasteiger partial charge is 0.253 e. The number of hydrogen-bond acceptors (Lipinski definition) is 5. The second-order valence-corrected chi connectivity index (χ2v) is 8.80. The van der Waals surface area contributed by atoms with Crippen molar-refractivity contribution in [1.29, 1.82) is 0 Å². The van der Waals surface area contributed by atoms with Gasteiger partial charge in [-0.15, -0.1) is 0 Å². The molecule has 1 saturated carbocycles. The first kappa shape index (κ1) is 21.8. The van der Waals surface area contributed by atoms with Crippen LogP contribution in [0.3, 0.4) is 0 Å². The van der Waals surface area contributed by atoms with Crippen LogP contribution in [0, 0.1) is 0 Å². The average Bonchev–Trinajstić information content (AvgIpc) is 3.41. The first-order valence-electron chi connectivity index (χ1n) is 11.5. The molecular formula is C23H33N5O3. The Hall–Kier alpha value is -2.45. The molecule has 0 bridgehead atoms. The molecule has 2 N–H and O–H groups in total. The lowest BCUT2D eigenvalue weighted by Gasteiger charge is -2.34. The van der Waals surface area contributed by atoms with Crippen LogP contribution in [0.4, 0.5) is 5.69 Å². The highest BCUT2D eigenvalue weighted by atomic mass is 16.2. The lowest BCUT2D eigenvalue weighted by atomic mass is 10.1. The van der Waals surface area contributed by atoms with Crippen LogP contribution in [0.15, 0.2) is 24.3 Å². The number of para-hydroxylation sites is 1. The molecule has 0 unspecified atom stereocenters. The quantitative estimate of drug-likeness (QED) is 0.650. The van der Waals surface area contributed by atoms with Crippen LogP contribution in [-0.4, -0.2) is 90.8 Å². The maximum absolute atomic E-state index is 12.5. The van der Waals surface area contributed by atoms with Gasteiger partial charge >= 0.3 is 0 Å². The molecule has 8 nitrogen and oxygen atoms in total. The van der Waals surface area contributed by atoms with E-state index in [-0.39, 0.29) is 23.8 Å². The largest absolute Gasteiger partial charge is 0.349 e. The zero-order valence-corrected chi connectivity index (χ0v) is 18.1. The first-order chi connectivity index (χ1) is 15.1. The van der Waals surface area contributed by atoms with Gasteiger partial charge in [0, 0.05) is 58.3 Å². The van der Waals surface area contributed by atoms with E-state index in [0.717, 1.165) is 65.0 Å². The van der Waals surface area contributed by atoms with Crippen molar-refractivity contribution in [3.8, 4) is 0 Å². The minimum Gasteiger partial charge on any atom is -0.349 e. The lowest BCUT2D eigenvalue weighted by Crippen LogP contribution is -2.50. The summed E-state index contributed by atoms with van der Waals surface area (Å²) in [6.45, 7) is 6.42. The second-order valence-electron chi connectivity index (χ2n) is 8.80. The molecule has 0 spiro atoms. The average molecular weight is 428 g/mol. The number of hydrogen-bond donors (Lipinski definition) is 2. The van der Waals surface area contributed by atoms with E-state index in [1.807, 2.05) is 17.0 Å². The van der Waals surface area contributed by atoms with Gasteiger partial charge in [0.1, 0.15) is 0 Å². The zero-order valence-electron chi connectivity index (χ0n) is 18.1. The number of piperazine rings is 1. The Kier molecular flexibility index (Phi) is 7.19. The lowest BCUT2D eigenvalue weighted by molar-refractivity contribution is -0.131. The number of anilines is 1. The van der Waals surface area contributed by atoms with E-state index < -0.39 is 0 Å². The van der Waals surface area contributed by atoms with Crippen molar-refractivity contribution < 1.29 is 14.4 Å². The standard InChI is InChI=1S/C23H33N5O3/c29-21(25-20-6-2-1-5-19(20)23(31)24-18-7-8-18)9-12-26-13-15-27(16-14-26)17-22(30)28-10-3-4-11-28/h1-2,5-6,18H,3-4,7-17H2,(H,24,31)(H,25,29). The summed E-state index contributed by atoms with van der Waals surface area (Å²) in [4.78, 5) is 43.6. The van der Waals surface area contributed by atoms with Crippen molar-refractivity contribution in [2.45, 2.75) is 38.1 Å². The maximum Gasteiger partial charge on any atom is 0.253 e. The summed E-state index contributed by atoms with van der Waals surface area (Å²) in [6, 6.07) is 7.43. The SMILES string of the molecule is O=C(CCN1CCN(CC(=O)N2CCCC2)CC1)Nc1ccccc1C(=O)NC1CC1. The molecule has 8 heteroatoms. The molecule has 1 aromatic carbocycles. The molecular weight excluding hydrogens is 394 g/mol. The second kappa shape index (κ2) is 10.2. The van der Waals surface area contributed by atoms with Crippen molar-refractivity contribution in [2.75, 3.05) is 57.7 Å². The molecule has 0 radical (unpaired) electrons. The van der Waals surface area contributed by atoms with E-state index in [1.54, 1.807) is 12.1 Å². The number of nitrogens with zero attached hydrogens (tertiary/aromatic N) is 3. The summed E-state index contributed by atoms with van der Waals surface area (Å²) in [5.74, 6) is 0.0334. The van der Waals surface area contributed by atoms with Gasteiger partial charge in [-0.3, -0.25) is 19.3 Å². The van der Waals surface area contributed by atoms with Crippen molar-refractivity contribution in [3.05, 3.63) is 29.8 Å². The van der Waals surface area contributed by atoms with Crippen LogP contribution < -0.4 is 10.6 Å². The van der Waals surface area contributed by atoms with Gasteiger partial charge in [-0.2, -0.15) is 0 Å². The number of carbonyl (C=O) groups is 3. The molecule has 0 aromatic heterocycles. The summed E-state index contributed by atoms with van der Waals surface area (Å²) in [5.41, 5.74) is 1.08. The molecule has 168 valence electrons. The fourth-order valence-electron chi connectivity index (χ4n) is 4.18. The van der Waals surface area contributed by atoms with Gasteiger partial charge in [-0.1, -0.05) is 12.1 Å². The van der Waals surface area contributed by atoms with Crippen LogP contribution in [0.5, 0.6) is 0 Å². The predicted octanol–water partition coefficient (Wildman–Crippen LogP) is 1.15. The molecule has 3 aliphatic rings. The Labute approximate surface area is 183 Å². The normalized spacial score (nSPS) is 19.9. The third-order valence-electron chi connectivity index (χ3n) is 6.30. The van der Waals surface area contributed by atoms with Crippen molar-refractivity contribution in [3.63, 3.8) is 0 Å². The Balaban J connectivity index is 1.18. The van der Waals surface area contributed by atoms with E-state index >= 15 is 0 Å². The van der Waals surface area contributed by atoms with Crippen LogP contribution in [-0.2, 0) is 9.59 Å². The van der Waals surface area contributed by atoms with Gasteiger partial charge < -0.3 is 20.4 Å². The van der Waals surface area contributed by atoms with Crippen LogP contribution in [0.25, 0.3) is 0 Å². The minimum absolute atomic E-state index is 0.0849. The van der Waals surface area contributed by atoms with Crippen LogP contribution in [0.2, 0.25) is 0 Å². The highest BCUT2D eigenvalue weighted by molar-refractivity contribution is 6.03. The molecule has 4 rings (SSSR count). The number of carbonyl (C=O) groups excluding carboxylic acids is 3. The minimum atomic E-state index is -0.127. The fourth-order valence-corrected chi connectivity index (χ4v) is 4.18. The van der Waals surface area contributed by atoms with E-state index in [1.165, 1.54) is 0 Å². The number of benzene rings is 1. The topological polar surface area (TPSA) is 85.0 Å². The molecule has 0 atom stereocenters. The summed E-state index contributed by atoms with van der Waals surface area (Å²) >= 11 is 0. The molecule has 3 amide bonds. The molecule has 3 fully saturated rings. The number of amides is 3. The third kappa shape index (κ3) is 6.27. The monoisotopic (exact) mass is 427 g/mol. The molecule has 2 aliphatic heterocycles. The van der Waals surface area contributed by atoms with E-state index in [0.29, 0.717) is 30.8 Å². The first-order valence-corrected chi connectivity index (χ1v) is 11.5. The number of likely N-dealkylation sites (tertiary alicyclic amines) is 1. The molecule has 1 aromatic rings. The van der Waals surface area contributed by atoms with Crippen molar-refractivity contribution >= 4 is 23.4 Å². The molecule has 31 heavy (non-hydrogen) atoms. The van der Waals surface area contributed by atoms with Gasteiger partial charge in [0.15, 0.2) is 0 Å². The van der Waals surface area contributed by atoms with Crippen molar-refractivity contribution in [2.24, 2.45) is 0 Å². The summed E-state index contributed by atoms with van der Waals surface area (Å²) in [5, 5.41) is 5.88. The Bertz CT molecular complexity index is 796. The maximum atomic E-state index is 12.5. The molecule has 2 heterocycles. The van der Waals surface area contributed by atoms with E-state index in [9.17, 15) is 14.4 Å². The molecule has 1 aliphatic carbocycles. The van der Waals surface area contributed by atoms with E-state index in [2.05, 4.69) is 20.4 Å². The van der Waals surface area contributed by atoms with Crippen molar-refractivity contribution in [1.82, 2.24) is 20.0 Å². The Morgan fingerprint density at radius 2 is 1.58 bits per heavy atom. The van der Waals surface area contributed by atoms with E-state index in [4.69, 9.17) is 0 Å². The van der Waals surface area contributed by atoms with Crippen LogP contribution in [0.1, 0.15) is 42.5 Å². The van der Waals surface area contributed by atoms with Gasteiger partial charge in [-0.05, 0) is 37.8 Å². The highest BCUT2D eigenvalue weighted by Gasteiger charge is 2.26. The van der Waals surface area contributed by atoms with Crippen LogP contribution >= 0.6 is 0 Å². The number of rotatable bonds is 8. The third-order valence-corrected chi connectivity index (χ3v) is 6.30. The summed E-state index contributed by atoms with van der Waals surface area (Å²) in [6.07, 6.45) is 4.68. The zero-order chi connectivity index (χ0) is 21.6. The fraction of sp³-hybridized carbons (Fsp3) is 0.609. The Morgan fingerprint density at radius 1 is 0.903 bits per heavy atom. The van der Waals surface area contributed by atoms with Gasteiger partial charge in [0.25, 0.3) is 5.91 Å². The van der Waals surface area contributed by atoms with Gasteiger partial charge in [0.2, 0.25) is 11.8 Å². The van der Waals surface area contributed by atoms with Gasteiger partial charge in [0.05, 0.1) is 17.8 Å². The number of nitrogens with one attached hydrogen (secondary N) is 2. The Morgan fingerprint density at radius 3 is 2.29 bits per heavy atom. The highest BCUT2D eigenvalue weighted by Crippen LogP contribution is 2.21. The predicted molar refractivity (Wildman–Crippen MR) is 119 cm³/mol. The summed E-state index contributed by atoms with van der Waals surface area (Å²) < 4.78 is 0.